The van der Waals surface area contributed by atoms with Gasteiger partial charge in [0.1, 0.15) is 11.9 Å². The van der Waals surface area contributed by atoms with Crippen molar-refractivity contribution < 1.29 is 9.90 Å². The molecule has 0 aliphatic heterocycles. The summed E-state index contributed by atoms with van der Waals surface area (Å²) in [7, 11) is 1.90. The highest BCUT2D eigenvalue weighted by Crippen LogP contribution is 2.14. The Kier molecular flexibility index (Phi) is 4.65. The summed E-state index contributed by atoms with van der Waals surface area (Å²) in [5, 5.41) is 9.77. The van der Waals surface area contributed by atoms with E-state index in [9.17, 15) is 4.79 Å². The van der Waals surface area contributed by atoms with Gasteiger partial charge in [-0.05, 0) is 24.7 Å². The van der Waals surface area contributed by atoms with Crippen LogP contribution in [0.4, 0.5) is 0 Å². The van der Waals surface area contributed by atoms with Gasteiger partial charge in [-0.3, -0.25) is 4.90 Å². The molecule has 104 valence electrons. The van der Waals surface area contributed by atoms with Crippen LogP contribution in [-0.2, 0) is 13.1 Å². The number of benzene rings is 1. The number of carbonyl (C=O) groups is 1. The van der Waals surface area contributed by atoms with Crippen molar-refractivity contribution in [2.45, 2.75) is 13.1 Å². The Morgan fingerprint density at radius 2 is 2.20 bits per heavy atom. The van der Waals surface area contributed by atoms with Crippen LogP contribution in [0.25, 0.3) is 0 Å². The van der Waals surface area contributed by atoms with Gasteiger partial charge in [-0.1, -0.05) is 23.7 Å². The van der Waals surface area contributed by atoms with E-state index in [-0.39, 0.29) is 5.56 Å². The molecule has 0 atom stereocenters. The molecule has 20 heavy (non-hydrogen) atoms. The number of aromatic nitrogens is 2. The highest BCUT2D eigenvalue weighted by atomic mass is 35.5. The third-order valence-corrected chi connectivity index (χ3v) is 3.02. The van der Waals surface area contributed by atoms with Crippen molar-refractivity contribution in [1.29, 1.82) is 0 Å². The van der Waals surface area contributed by atoms with Crippen molar-refractivity contribution >= 4 is 17.6 Å². The van der Waals surface area contributed by atoms with E-state index in [0.717, 1.165) is 5.56 Å². The Labute approximate surface area is 121 Å². The van der Waals surface area contributed by atoms with Crippen LogP contribution in [0.3, 0.4) is 0 Å². The van der Waals surface area contributed by atoms with E-state index in [1.807, 2.05) is 36.2 Å². The average molecular weight is 292 g/mol. The Morgan fingerprint density at radius 3 is 2.90 bits per heavy atom. The maximum atomic E-state index is 11.1. The molecular weight excluding hydrogens is 278 g/mol. The molecule has 0 saturated heterocycles. The van der Waals surface area contributed by atoms with E-state index in [0.29, 0.717) is 23.8 Å². The summed E-state index contributed by atoms with van der Waals surface area (Å²) in [5.74, 6) is -1.02. The number of rotatable bonds is 5. The van der Waals surface area contributed by atoms with E-state index >= 15 is 0 Å². The summed E-state index contributed by atoms with van der Waals surface area (Å²) in [6.45, 7) is 1.08. The lowest BCUT2D eigenvalue weighted by Gasteiger charge is -2.17. The van der Waals surface area contributed by atoms with E-state index in [2.05, 4.69) is 9.97 Å². The van der Waals surface area contributed by atoms with Gasteiger partial charge in [0.15, 0.2) is 0 Å². The summed E-state index contributed by atoms with van der Waals surface area (Å²) in [6.07, 6.45) is 2.67. The summed E-state index contributed by atoms with van der Waals surface area (Å²) < 4.78 is 0. The molecule has 1 N–H and O–H groups in total. The predicted molar refractivity (Wildman–Crippen MR) is 75.6 cm³/mol. The zero-order chi connectivity index (χ0) is 14.5. The highest BCUT2D eigenvalue weighted by molar-refractivity contribution is 6.30. The second-order valence-corrected chi connectivity index (χ2v) is 4.93. The number of carboxylic acid groups (broad SMARTS) is 1. The maximum Gasteiger partial charge on any atom is 0.339 e. The summed E-state index contributed by atoms with van der Waals surface area (Å²) in [4.78, 5) is 20.8. The van der Waals surface area contributed by atoms with Gasteiger partial charge in [0.25, 0.3) is 0 Å². The molecule has 0 amide bonds. The van der Waals surface area contributed by atoms with E-state index in [1.165, 1.54) is 12.5 Å². The van der Waals surface area contributed by atoms with Gasteiger partial charge >= 0.3 is 5.97 Å². The third kappa shape index (κ3) is 3.76. The molecule has 2 rings (SSSR count). The zero-order valence-electron chi connectivity index (χ0n) is 11.0. The first-order chi connectivity index (χ1) is 9.56. The van der Waals surface area contributed by atoms with E-state index < -0.39 is 5.97 Å². The quantitative estimate of drug-likeness (QED) is 0.916. The monoisotopic (exact) mass is 291 g/mol. The van der Waals surface area contributed by atoms with Crippen molar-refractivity contribution in [3.05, 3.63) is 58.6 Å². The van der Waals surface area contributed by atoms with Gasteiger partial charge in [-0.2, -0.15) is 0 Å². The van der Waals surface area contributed by atoms with Crippen molar-refractivity contribution in [2.24, 2.45) is 0 Å². The second-order valence-electron chi connectivity index (χ2n) is 4.49. The summed E-state index contributed by atoms with van der Waals surface area (Å²) in [5.41, 5.74) is 1.69. The topological polar surface area (TPSA) is 66.3 Å². The maximum absolute atomic E-state index is 11.1. The zero-order valence-corrected chi connectivity index (χ0v) is 11.7. The Hall–Kier alpha value is -1.98. The van der Waals surface area contributed by atoms with Crippen LogP contribution in [0, 0.1) is 0 Å². The molecule has 0 aliphatic rings. The predicted octanol–water partition coefficient (Wildman–Crippen LogP) is 2.46. The minimum atomic E-state index is -1.02. The highest BCUT2D eigenvalue weighted by Gasteiger charge is 2.13. The van der Waals surface area contributed by atoms with Crippen molar-refractivity contribution in [2.75, 3.05) is 7.05 Å². The first kappa shape index (κ1) is 14.4. The fourth-order valence-electron chi connectivity index (χ4n) is 1.92. The fraction of sp³-hybridized carbons (Fsp3) is 0.214. The van der Waals surface area contributed by atoms with Gasteiger partial charge in [0, 0.05) is 24.3 Å². The standard InChI is InChI=1S/C14H14ClN3O2/c1-18(7-10-3-2-4-11(15)5-10)8-13-12(14(19)20)6-16-9-17-13/h2-6,9H,7-8H2,1H3,(H,19,20). The molecule has 1 aromatic heterocycles. The Morgan fingerprint density at radius 1 is 1.40 bits per heavy atom. The Bertz CT molecular complexity index is 619. The summed E-state index contributed by atoms with van der Waals surface area (Å²) >= 11 is 5.94. The van der Waals surface area contributed by atoms with Crippen molar-refractivity contribution in [1.82, 2.24) is 14.9 Å². The first-order valence-electron chi connectivity index (χ1n) is 6.01. The molecule has 5 nitrogen and oxygen atoms in total. The fourth-order valence-corrected chi connectivity index (χ4v) is 2.13. The SMILES string of the molecule is CN(Cc1cccc(Cl)c1)Cc1ncncc1C(=O)O. The normalized spacial score (nSPS) is 10.8. The molecule has 0 saturated carbocycles. The molecule has 0 fully saturated rings. The number of carboxylic acids is 1. The molecular formula is C14H14ClN3O2. The number of hydrogen-bond acceptors (Lipinski definition) is 4. The number of hydrogen-bond donors (Lipinski definition) is 1. The van der Waals surface area contributed by atoms with Crippen molar-refractivity contribution in [3.8, 4) is 0 Å². The second kappa shape index (κ2) is 6.45. The lowest BCUT2D eigenvalue weighted by molar-refractivity contribution is 0.0693. The molecule has 2 aromatic rings. The van der Waals surface area contributed by atoms with E-state index in [1.54, 1.807) is 0 Å². The first-order valence-corrected chi connectivity index (χ1v) is 6.39. The third-order valence-electron chi connectivity index (χ3n) is 2.79. The largest absolute Gasteiger partial charge is 0.478 e. The minimum absolute atomic E-state index is 0.130. The van der Waals surface area contributed by atoms with E-state index in [4.69, 9.17) is 16.7 Å². The number of nitrogens with zero attached hydrogens (tertiary/aromatic N) is 3. The number of aromatic carboxylic acids is 1. The van der Waals surface area contributed by atoms with Gasteiger partial charge in [-0.15, -0.1) is 0 Å². The lowest BCUT2D eigenvalue weighted by atomic mass is 10.2. The molecule has 0 bridgehead atoms. The molecule has 0 unspecified atom stereocenters. The molecule has 0 aliphatic carbocycles. The smallest absolute Gasteiger partial charge is 0.339 e. The molecule has 1 aromatic carbocycles. The lowest BCUT2D eigenvalue weighted by Crippen LogP contribution is -2.20. The van der Waals surface area contributed by atoms with Crippen LogP contribution < -0.4 is 0 Å². The minimum Gasteiger partial charge on any atom is -0.478 e. The molecule has 0 spiro atoms. The van der Waals surface area contributed by atoms with Crippen LogP contribution in [0.2, 0.25) is 5.02 Å². The van der Waals surface area contributed by atoms with Crippen LogP contribution in [-0.4, -0.2) is 33.0 Å². The number of halogens is 1. The van der Waals surface area contributed by atoms with Crippen LogP contribution in [0.1, 0.15) is 21.6 Å². The van der Waals surface area contributed by atoms with Crippen LogP contribution in [0.15, 0.2) is 36.8 Å². The van der Waals surface area contributed by atoms with Gasteiger partial charge in [-0.25, -0.2) is 14.8 Å². The van der Waals surface area contributed by atoms with Crippen LogP contribution >= 0.6 is 11.6 Å². The molecule has 1 heterocycles. The van der Waals surface area contributed by atoms with Gasteiger partial charge in [0.05, 0.1) is 5.69 Å². The molecule has 6 heteroatoms. The molecule has 0 radical (unpaired) electrons. The van der Waals surface area contributed by atoms with Gasteiger partial charge < -0.3 is 5.11 Å². The van der Waals surface area contributed by atoms with Crippen LogP contribution in [0.5, 0.6) is 0 Å². The van der Waals surface area contributed by atoms with Gasteiger partial charge in [0.2, 0.25) is 0 Å². The summed E-state index contributed by atoms with van der Waals surface area (Å²) in [6, 6.07) is 7.56. The van der Waals surface area contributed by atoms with Crippen molar-refractivity contribution in [3.63, 3.8) is 0 Å². The Balaban J connectivity index is 2.08. The average Bonchev–Trinajstić information content (AvgIpc) is 2.38.